The van der Waals surface area contributed by atoms with Crippen LogP contribution in [-0.2, 0) is 27.3 Å². The van der Waals surface area contributed by atoms with E-state index in [0.717, 1.165) is 55.8 Å². The van der Waals surface area contributed by atoms with Crippen LogP contribution < -0.4 is 15.0 Å². The number of nitrogens with zero attached hydrogens (tertiary/aromatic N) is 4. The third-order valence-electron chi connectivity index (χ3n) is 8.51. The predicted molar refractivity (Wildman–Crippen MR) is 137 cm³/mol. The minimum absolute atomic E-state index is 0.0928. The van der Waals surface area contributed by atoms with Crippen LogP contribution in [0.15, 0.2) is 36.5 Å². The van der Waals surface area contributed by atoms with E-state index in [-0.39, 0.29) is 36.0 Å². The Bertz CT molecular complexity index is 1310. The molecule has 198 valence electrons. The Kier molecular flexibility index (Phi) is 6.04. The van der Waals surface area contributed by atoms with E-state index in [9.17, 15) is 19.2 Å². The lowest BCUT2D eigenvalue weighted by atomic mass is 9.71. The number of imide groups is 1. The molecule has 0 saturated carbocycles. The summed E-state index contributed by atoms with van der Waals surface area (Å²) in [6, 6.07) is 8.85. The van der Waals surface area contributed by atoms with Crippen molar-refractivity contribution in [3.63, 3.8) is 0 Å². The third-order valence-corrected chi connectivity index (χ3v) is 8.51. The number of amides is 4. The summed E-state index contributed by atoms with van der Waals surface area (Å²) in [7, 11) is 1.56. The topological polar surface area (TPSA) is 112 Å². The van der Waals surface area contributed by atoms with Gasteiger partial charge in [-0.3, -0.25) is 24.5 Å². The van der Waals surface area contributed by atoms with E-state index in [1.54, 1.807) is 18.2 Å². The van der Waals surface area contributed by atoms with Crippen LogP contribution in [0.25, 0.3) is 0 Å². The van der Waals surface area contributed by atoms with Gasteiger partial charge in [-0.2, -0.15) is 0 Å². The molecule has 0 bridgehead atoms. The van der Waals surface area contributed by atoms with Gasteiger partial charge in [-0.25, -0.2) is 4.98 Å². The minimum atomic E-state index is -0.614. The van der Waals surface area contributed by atoms with Crippen molar-refractivity contribution in [2.45, 2.75) is 44.7 Å². The van der Waals surface area contributed by atoms with Gasteiger partial charge < -0.3 is 19.4 Å². The summed E-state index contributed by atoms with van der Waals surface area (Å²) < 4.78 is 5.29. The number of carbonyl (C=O) groups is 4. The van der Waals surface area contributed by atoms with Crippen LogP contribution >= 0.6 is 0 Å². The third kappa shape index (κ3) is 4.17. The Morgan fingerprint density at radius 3 is 2.66 bits per heavy atom. The molecular formula is C28H31N5O5. The molecule has 10 heteroatoms. The zero-order valence-corrected chi connectivity index (χ0v) is 21.4. The van der Waals surface area contributed by atoms with E-state index in [1.807, 2.05) is 35.2 Å². The molecule has 4 aliphatic heterocycles. The lowest BCUT2D eigenvalue weighted by Crippen LogP contribution is -2.61. The number of ether oxygens (including phenoxy) is 1. The van der Waals surface area contributed by atoms with Gasteiger partial charge in [-0.1, -0.05) is 12.1 Å². The highest BCUT2D eigenvalue weighted by Gasteiger charge is 2.47. The number of benzene rings is 1. The van der Waals surface area contributed by atoms with Gasteiger partial charge in [0.1, 0.15) is 6.04 Å². The first kappa shape index (κ1) is 24.4. The minimum Gasteiger partial charge on any atom is -0.481 e. The standard InChI is InChI=1S/C28H31N5O5/c1-38-26-18(4-3-11-29-26)14-24(35)31-12-9-28(10-13-31)16-32(17-28)21-6-2-5-19-20(21)15-33(27(19)37)22-7-8-23(34)30-25(22)36/h2-6,11,22H,7-10,12-17H2,1H3,(H,30,34,36). The number of aromatic nitrogens is 1. The van der Waals surface area contributed by atoms with Crippen LogP contribution in [0.4, 0.5) is 5.69 Å². The smallest absolute Gasteiger partial charge is 0.255 e. The second kappa shape index (κ2) is 9.41. The van der Waals surface area contributed by atoms with Crippen molar-refractivity contribution >= 4 is 29.3 Å². The fraction of sp³-hybridized carbons (Fsp3) is 0.464. The monoisotopic (exact) mass is 517 g/mol. The normalized spacial score (nSPS) is 22.3. The molecule has 2 aromatic rings. The van der Waals surface area contributed by atoms with E-state index < -0.39 is 11.9 Å². The zero-order chi connectivity index (χ0) is 26.4. The maximum absolute atomic E-state index is 13.2. The van der Waals surface area contributed by atoms with E-state index in [0.29, 0.717) is 24.4 Å². The molecule has 1 unspecified atom stereocenters. The van der Waals surface area contributed by atoms with Gasteiger partial charge in [0.2, 0.25) is 23.6 Å². The van der Waals surface area contributed by atoms with Crippen molar-refractivity contribution in [3.05, 3.63) is 53.2 Å². The summed E-state index contributed by atoms with van der Waals surface area (Å²) in [4.78, 5) is 60.1. The summed E-state index contributed by atoms with van der Waals surface area (Å²) in [5.74, 6) is -0.241. The molecule has 1 atom stereocenters. The number of fused-ring (bicyclic) bond motifs is 1. The maximum atomic E-state index is 13.2. The van der Waals surface area contributed by atoms with Crippen LogP contribution in [0.1, 0.15) is 47.2 Å². The number of anilines is 1. The molecule has 38 heavy (non-hydrogen) atoms. The van der Waals surface area contributed by atoms with Crippen LogP contribution in [0.3, 0.4) is 0 Å². The number of rotatable bonds is 5. The molecular weight excluding hydrogens is 486 g/mol. The van der Waals surface area contributed by atoms with E-state index in [4.69, 9.17) is 4.74 Å². The molecule has 3 fully saturated rings. The Morgan fingerprint density at radius 1 is 1.13 bits per heavy atom. The van der Waals surface area contributed by atoms with Crippen molar-refractivity contribution in [2.75, 3.05) is 38.2 Å². The molecule has 4 amide bonds. The highest BCUT2D eigenvalue weighted by molar-refractivity contribution is 6.06. The van der Waals surface area contributed by atoms with Gasteiger partial charge >= 0.3 is 0 Å². The van der Waals surface area contributed by atoms with Gasteiger partial charge in [-0.15, -0.1) is 0 Å². The molecule has 1 aromatic heterocycles. The fourth-order valence-corrected chi connectivity index (χ4v) is 6.36. The molecule has 1 spiro atoms. The summed E-state index contributed by atoms with van der Waals surface area (Å²) in [6.07, 6.45) is 4.42. The summed E-state index contributed by atoms with van der Waals surface area (Å²) in [5, 5.41) is 2.36. The zero-order valence-electron chi connectivity index (χ0n) is 21.4. The second-order valence-electron chi connectivity index (χ2n) is 10.8. The molecule has 1 N–H and O–H groups in total. The lowest BCUT2D eigenvalue weighted by Gasteiger charge is -2.55. The Morgan fingerprint density at radius 2 is 1.92 bits per heavy atom. The number of hydrogen-bond donors (Lipinski definition) is 1. The van der Waals surface area contributed by atoms with Gasteiger partial charge in [-0.05, 0) is 37.5 Å². The predicted octanol–water partition coefficient (Wildman–Crippen LogP) is 1.52. The summed E-state index contributed by atoms with van der Waals surface area (Å²) in [5.41, 5.74) is 3.60. The Labute approximate surface area is 220 Å². The quantitative estimate of drug-likeness (QED) is 0.599. The number of hydrogen-bond acceptors (Lipinski definition) is 7. The first-order chi connectivity index (χ1) is 18.4. The first-order valence-electron chi connectivity index (χ1n) is 13.1. The largest absolute Gasteiger partial charge is 0.481 e. The van der Waals surface area contributed by atoms with Gasteiger partial charge in [0.25, 0.3) is 5.91 Å². The number of methoxy groups -OCH3 is 1. The molecule has 4 aliphatic rings. The molecule has 3 saturated heterocycles. The number of piperidine rings is 2. The van der Waals surface area contributed by atoms with Crippen molar-refractivity contribution in [1.29, 1.82) is 0 Å². The average molecular weight is 518 g/mol. The van der Waals surface area contributed by atoms with Crippen molar-refractivity contribution in [3.8, 4) is 5.88 Å². The number of likely N-dealkylation sites (tertiary alicyclic amines) is 1. The van der Waals surface area contributed by atoms with Crippen molar-refractivity contribution < 1.29 is 23.9 Å². The number of nitrogens with one attached hydrogen (secondary N) is 1. The first-order valence-corrected chi connectivity index (χ1v) is 13.1. The lowest BCUT2D eigenvalue weighted by molar-refractivity contribution is -0.137. The fourth-order valence-electron chi connectivity index (χ4n) is 6.36. The Balaban J connectivity index is 1.08. The average Bonchev–Trinajstić information content (AvgIpc) is 3.24. The van der Waals surface area contributed by atoms with E-state index >= 15 is 0 Å². The Hall–Kier alpha value is -3.95. The number of pyridine rings is 1. The molecule has 5 heterocycles. The molecule has 10 nitrogen and oxygen atoms in total. The summed E-state index contributed by atoms with van der Waals surface area (Å²) in [6.45, 7) is 3.59. The number of carbonyl (C=O) groups excluding carboxylic acids is 4. The second-order valence-corrected chi connectivity index (χ2v) is 10.8. The van der Waals surface area contributed by atoms with E-state index in [1.165, 1.54) is 0 Å². The van der Waals surface area contributed by atoms with Crippen LogP contribution in [0.5, 0.6) is 5.88 Å². The van der Waals surface area contributed by atoms with Gasteiger partial charge in [0, 0.05) is 73.1 Å². The maximum Gasteiger partial charge on any atom is 0.255 e. The van der Waals surface area contributed by atoms with Gasteiger partial charge in [0.05, 0.1) is 13.5 Å². The molecule has 6 rings (SSSR count). The van der Waals surface area contributed by atoms with Crippen LogP contribution in [-0.4, -0.2) is 77.7 Å². The van der Waals surface area contributed by atoms with E-state index in [2.05, 4.69) is 15.2 Å². The van der Waals surface area contributed by atoms with Crippen LogP contribution in [0, 0.1) is 5.41 Å². The van der Waals surface area contributed by atoms with Crippen LogP contribution in [0.2, 0.25) is 0 Å². The summed E-state index contributed by atoms with van der Waals surface area (Å²) >= 11 is 0. The highest BCUT2D eigenvalue weighted by Crippen LogP contribution is 2.45. The van der Waals surface area contributed by atoms with Gasteiger partial charge in [0.15, 0.2) is 0 Å². The molecule has 0 aliphatic carbocycles. The SMILES string of the molecule is COc1ncccc1CC(=O)N1CCC2(CC1)CN(c1cccc3c1CN(C1CCC(=O)NC1=O)C3=O)C2. The molecule has 1 aromatic carbocycles. The van der Waals surface area contributed by atoms with Crippen molar-refractivity contribution in [1.82, 2.24) is 20.1 Å². The highest BCUT2D eigenvalue weighted by atomic mass is 16.5. The van der Waals surface area contributed by atoms with Crippen molar-refractivity contribution in [2.24, 2.45) is 5.41 Å². The molecule has 0 radical (unpaired) electrons.